The van der Waals surface area contributed by atoms with E-state index in [1.54, 1.807) is 0 Å². The standard InChI is InChI=1S/C9H16O3/c1-2-12-6-7-3-4-8(5-7)9(10)11/h7-8H,2-6H2,1H3,(H,10,11)/t7-,8+/m0/s1. The van der Waals surface area contributed by atoms with Gasteiger partial charge >= 0.3 is 5.97 Å². The van der Waals surface area contributed by atoms with Gasteiger partial charge in [0.2, 0.25) is 0 Å². The Bertz CT molecular complexity index is 156. The van der Waals surface area contributed by atoms with Gasteiger partial charge in [-0.05, 0) is 32.1 Å². The molecule has 0 bridgehead atoms. The summed E-state index contributed by atoms with van der Waals surface area (Å²) >= 11 is 0. The number of hydrogen-bond donors (Lipinski definition) is 1. The van der Waals surface area contributed by atoms with Crippen molar-refractivity contribution in [1.82, 2.24) is 0 Å². The Balaban J connectivity index is 2.21. The minimum atomic E-state index is -0.644. The quantitative estimate of drug-likeness (QED) is 0.699. The molecule has 1 aliphatic rings. The molecule has 0 unspecified atom stereocenters. The Labute approximate surface area is 72.7 Å². The summed E-state index contributed by atoms with van der Waals surface area (Å²) in [5, 5.41) is 8.72. The van der Waals surface area contributed by atoms with E-state index < -0.39 is 5.97 Å². The van der Waals surface area contributed by atoms with Crippen LogP contribution in [0.15, 0.2) is 0 Å². The van der Waals surface area contributed by atoms with Gasteiger partial charge in [-0.1, -0.05) is 0 Å². The molecule has 2 atom stereocenters. The Hall–Kier alpha value is -0.570. The van der Waals surface area contributed by atoms with Gasteiger partial charge in [-0.3, -0.25) is 4.79 Å². The van der Waals surface area contributed by atoms with Gasteiger partial charge < -0.3 is 9.84 Å². The van der Waals surface area contributed by atoms with Crippen LogP contribution in [0.25, 0.3) is 0 Å². The van der Waals surface area contributed by atoms with Crippen LogP contribution in [-0.4, -0.2) is 24.3 Å². The average molecular weight is 172 g/mol. The lowest BCUT2D eigenvalue weighted by Gasteiger charge is -2.08. The second-order valence-corrected chi connectivity index (χ2v) is 3.37. The van der Waals surface area contributed by atoms with Gasteiger partial charge in [0.1, 0.15) is 0 Å². The van der Waals surface area contributed by atoms with Crippen molar-refractivity contribution in [3.63, 3.8) is 0 Å². The first-order valence-corrected chi connectivity index (χ1v) is 4.54. The fourth-order valence-electron chi connectivity index (χ4n) is 1.74. The third kappa shape index (κ3) is 2.48. The van der Waals surface area contributed by atoms with E-state index in [0.29, 0.717) is 5.92 Å². The molecule has 3 nitrogen and oxygen atoms in total. The predicted octanol–water partition coefficient (Wildman–Crippen LogP) is 1.52. The third-order valence-corrected chi connectivity index (χ3v) is 2.45. The van der Waals surface area contributed by atoms with Crippen molar-refractivity contribution in [3.8, 4) is 0 Å². The Morgan fingerprint density at radius 1 is 1.58 bits per heavy atom. The van der Waals surface area contributed by atoms with Crippen molar-refractivity contribution in [2.45, 2.75) is 26.2 Å². The molecule has 1 fully saturated rings. The van der Waals surface area contributed by atoms with Crippen LogP contribution in [-0.2, 0) is 9.53 Å². The lowest BCUT2D eigenvalue weighted by molar-refractivity contribution is -0.141. The number of carbonyl (C=O) groups is 1. The molecule has 0 amide bonds. The molecule has 1 saturated carbocycles. The summed E-state index contributed by atoms with van der Waals surface area (Å²) < 4.78 is 5.25. The predicted molar refractivity (Wildman–Crippen MR) is 45.0 cm³/mol. The second kappa shape index (κ2) is 4.45. The summed E-state index contributed by atoms with van der Waals surface area (Å²) in [6.07, 6.45) is 2.64. The molecular formula is C9H16O3. The van der Waals surface area contributed by atoms with Gasteiger partial charge in [-0.25, -0.2) is 0 Å². The average Bonchev–Trinajstić information content (AvgIpc) is 2.48. The zero-order chi connectivity index (χ0) is 8.97. The van der Waals surface area contributed by atoms with Crippen LogP contribution in [0.2, 0.25) is 0 Å². The topological polar surface area (TPSA) is 46.5 Å². The first kappa shape index (κ1) is 9.52. The molecule has 0 aromatic rings. The Kier molecular flexibility index (Phi) is 3.53. The largest absolute Gasteiger partial charge is 0.481 e. The first-order valence-electron chi connectivity index (χ1n) is 4.54. The SMILES string of the molecule is CCOC[C@H]1CC[C@@H](C(=O)O)C1. The minimum Gasteiger partial charge on any atom is -0.481 e. The van der Waals surface area contributed by atoms with Gasteiger partial charge in [0, 0.05) is 13.2 Å². The molecule has 0 radical (unpaired) electrons. The van der Waals surface area contributed by atoms with Gasteiger partial charge in [0.25, 0.3) is 0 Å². The maximum Gasteiger partial charge on any atom is 0.306 e. The molecule has 12 heavy (non-hydrogen) atoms. The van der Waals surface area contributed by atoms with Crippen LogP contribution < -0.4 is 0 Å². The molecule has 0 aliphatic heterocycles. The minimum absolute atomic E-state index is 0.115. The molecule has 3 heteroatoms. The highest BCUT2D eigenvalue weighted by atomic mass is 16.5. The van der Waals surface area contributed by atoms with Crippen LogP contribution in [0.1, 0.15) is 26.2 Å². The molecule has 0 aromatic heterocycles. The normalized spacial score (nSPS) is 29.1. The molecule has 1 aliphatic carbocycles. The van der Waals surface area contributed by atoms with Gasteiger partial charge in [-0.2, -0.15) is 0 Å². The molecule has 70 valence electrons. The second-order valence-electron chi connectivity index (χ2n) is 3.37. The number of ether oxygens (including phenoxy) is 1. The Morgan fingerprint density at radius 2 is 2.33 bits per heavy atom. The summed E-state index contributed by atoms with van der Waals surface area (Å²) in [6, 6.07) is 0. The highest BCUT2D eigenvalue weighted by Crippen LogP contribution is 2.30. The molecule has 0 aromatic carbocycles. The third-order valence-electron chi connectivity index (χ3n) is 2.45. The van der Waals surface area contributed by atoms with Crippen LogP contribution in [0.3, 0.4) is 0 Å². The molecule has 0 spiro atoms. The molecule has 1 N–H and O–H groups in total. The summed E-state index contributed by atoms with van der Waals surface area (Å²) in [5.41, 5.74) is 0. The van der Waals surface area contributed by atoms with E-state index in [1.165, 1.54) is 0 Å². The number of carboxylic acid groups (broad SMARTS) is 1. The van der Waals surface area contributed by atoms with Crippen molar-refractivity contribution in [3.05, 3.63) is 0 Å². The van der Waals surface area contributed by atoms with E-state index in [-0.39, 0.29) is 5.92 Å². The first-order chi connectivity index (χ1) is 5.74. The fraction of sp³-hybridized carbons (Fsp3) is 0.889. The monoisotopic (exact) mass is 172 g/mol. The number of aliphatic carboxylic acids is 1. The van der Waals surface area contributed by atoms with E-state index in [9.17, 15) is 4.79 Å². The number of carboxylic acids is 1. The zero-order valence-electron chi connectivity index (χ0n) is 7.45. The molecular weight excluding hydrogens is 156 g/mol. The van der Waals surface area contributed by atoms with E-state index in [1.807, 2.05) is 6.92 Å². The fourth-order valence-corrected chi connectivity index (χ4v) is 1.74. The van der Waals surface area contributed by atoms with Gasteiger partial charge in [0.15, 0.2) is 0 Å². The maximum absolute atomic E-state index is 10.6. The van der Waals surface area contributed by atoms with Crippen molar-refractivity contribution in [2.24, 2.45) is 11.8 Å². The summed E-state index contributed by atoms with van der Waals surface area (Å²) in [5.74, 6) is -0.282. The molecule has 0 saturated heterocycles. The van der Waals surface area contributed by atoms with Crippen LogP contribution >= 0.6 is 0 Å². The summed E-state index contributed by atoms with van der Waals surface area (Å²) in [4.78, 5) is 10.6. The number of hydrogen-bond acceptors (Lipinski definition) is 2. The van der Waals surface area contributed by atoms with Crippen molar-refractivity contribution in [1.29, 1.82) is 0 Å². The molecule has 1 rings (SSSR count). The number of rotatable bonds is 4. The maximum atomic E-state index is 10.6. The van der Waals surface area contributed by atoms with E-state index in [0.717, 1.165) is 32.5 Å². The van der Waals surface area contributed by atoms with Gasteiger partial charge in [0.05, 0.1) is 5.92 Å². The van der Waals surface area contributed by atoms with Crippen molar-refractivity contribution < 1.29 is 14.6 Å². The van der Waals surface area contributed by atoms with Gasteiger partial charge in [-0.15, -0.1) is 0 Å². The van der Waals surface area contributed by atoms with Crippen molar-refractivity contribution >= 4 is 5.97 Å². The highest BCUT2D eigenvalue weighted by molar-refractivity contribution is 5.70. The zero-order valence-corrected chi connectivity index (χ0v) is 7.45. The van der Waals surface area contributed by atoms with Crippen LogP contribution in [0, 0.1) is 11.8 Å². The summed E-state index contributed by atoms with van der Waals surface area (Å²) in [6.45, 7) is 3.43. The smallest absolute Gasteiger partial charge is 0.306 e. The van der Waals surface area contributed by atoms with E-state index in [2.05, 4.69) is 0 Å². The van der Waals surface area contributed by atoms with Crippen LogP contribution in [0.5, 0.6) is 0 Å². The van der Waals surface area contributed by atoms with Crippen molar-refractivity contribution in [2.75, 3.05) is 13.2 Å². The van der Waals surface area contributed by atoms with E-state index in [4.69, 9.17) is 9.84 Å². The highest BCUT2D eigenvalue weighted by Gasteiger charge is 2.29. The lowest BCUT2D eigenvalue weighted by Crippen LogP contribution is -2.11. The van der Waals surface area contributed by atoms with E-state index >= 15 is 0 Å². The lowest BCUT2D eigenvalue weighted by atomic mass is 10.1. The van der Waals surface area contributed by atoms with Crippen LogP contribution in [0.4, 0.5) is 0 Å². The summed E-state index contributed by atoms with van der Waals surface area (Å²) in [7, 11) is 0. The molecule has 0 heterocycles. The Morgan fingerprint density at radius 3 is 2.83 bits per heavy atom.